The van der Waals surface area contributed by atoms with Gasteiger partial charge in [0.25, 0.3) is 0 Å². The molecular formula is C11H14N2O2S2. The zero-order valence-corrected chi connectivity index (χ0v) is 11.1. The molecule has 0 aliphatic heterocycles. The van der Waals surface area contributed by atoms with Crippen LogP contribution in [0.25, 0.3) is 0 Å². The van der Waals surface area contributed by atoms with Gasteiger partial charge < -0.3 is 0 Å². The summed E-state index contributed by atoms with van der Waals surface area (Å²) in [6.45, 7) is 0.434. The maximum atomic E-state index is 11.8. The molecule has 92 valence electrons. The van der Waals surface area contributed by atoms with E-state index in [1.807, 2.05) is 12.3 Å². The largest absolute Gasteiger partial charge is 0.240 e. The highest BCUT2D eigenvalue weighted by molar-refractivity contribution is 7.98. The van der Waals surface area contributed by atoms with Gasteiger partial charge in [0.05, 0.1) is 16.5 Å². The molecule has 17 heavy (non-hydrogen) atoms. The number of benzene rings is 1. The molecule has 6 heteroatoms. The lowest BCUT2D eigenvalue weighted by molar-refractivity contribution is 0.581. The fourth-order valence-corrected chi connectivity index (χ4v) is 2.72. The van der Waals surface area contributed by atoms with Crippen molar-refractivity contribution in [3.05, 3.63) is 29.8 Å². The van der Waals surface area contributed by atoms with Gasteiger partial charge in [-0.2, -0.15) is 17.0 Å². The molecule has 0 spiro atoms. The highest BCUT2D eigenvalue weighted by Gasteiger charge is 2.12. The second-order valence-corrected chi connectivity index (χ2v) is 6.13. The summed E-state index contributed by atoms with van der Waals surface area (Å²) in [5.41, 5.74) is 0.450. The second kappa shape index (κ2) is 6.64. The fourth-order valence-electron chi connectivity index (χ4n) is 1.21. The van der Waals surface area contributed by atoms with Crippen molar-refractivity contribution in [1.82, 2.24) is 4.72 Å². The Balaban J connectivity index is 2.66. The summed E-state index contributed by atoms with van der Waals surface area (Å²) in [6, 6.07) is 7.82. The highest BCUT2D eigenvalue weighted by Crippen LogP contribution is 2.09. The molecule has 0 unspecified atom stereocenters. The van der Waals surface area contributed by atoms with Crippen LogP contribution < -0.4 is 4.72 Å². The van der Waals surface area contributed by atoms with Gasteiger partial charge in [0.15, 0.2) is 0 Å². The molecule has 0 heterocycles. The first kappa shape index (κ1) is 14.0. The van der Waals surface area contributed by atoms with Crippen molar-refractivity contribution in [1.29, 1.82) is 5.26 Å². The van der Waals surface area contributed by atoms with Gasteiger partial charge in [-0.05, 0) is 42.7 Å². The van der Waals surface area contributed by atoms with E-state index in [2.05, 4.69) is 4.72 Å². The number of hydrogen-bond donors (Lipinski definition) is 1. The van der Waals surface area contributed by atoms with Gasteiger partial charge in [0.2, 0.25) is 10.0 Å². The SMILES string of the molecule is CSCCCNS(=O)(=O)c1ccc(C#N)cc1. The average molecular weight is 270 g/mol. The van der Waals surface area contributed by atoms with E-state index in [4.69, 9.17) is 5.26 Å². The minimum atomic E-state index is -3.43. The molecular weight excluding hydrogens is 256 g/mol. The molecule has 1 aromatic carbocycles. The number of sulfonamides is 1. The Morgan fingerprint density at radius 2 is 2.00 bits per heavy atom. The lowest BCUT2D eigenvalue weighted by Gasteiger charge is -2.06. The third-order valence-electron chi connectivity index (χ3n) is 2.11. The van der Waals surface area contributed by atoms with Gasteiger partial charge >= 0.3 is 0 Å². The molecule has 0 amide bonds. The van der Waals surface area contributed by atoms with E-state index in [9.17, 15) is 8.42 Å². The monoisotopic (exact) mass is 270 g/mol. The summed E-state index contributed by atoms with van der Waals surface area (Å²) in [5.74, 6) is 0.926. The first-order valence-electron chi connectivity index (χ1n) is 5.09. The number of thioether (sulfide) groups is 1. The van der Waals surface area contributed by atoms with E-state index in [0.29, 0.717) is 12.1 Å². The average Bonchev–Trinajstić information content (AvgIpc) is 2.35. The molecule has 0 fully saturated rings. The van der Waals surface area contributed by atoms with E-state index >= 15 is 0 Å². The van der Waals surface area contributed by atoms with Crippen LogP contribution in [-0.2, 0) is 10.0 Å². The highest BCUT2D eigenvalue weighted by atomic mass is 32.2. The standard InChI is InChI=1S/C11H14N2O2S2/c1-16-8-2-7-13-17(14,15)11-5-3-10(9-12)4-6-11/h3-6,13H,2,7-8H2,1H3. The molecule has 4 nitrogen and oxygen atoms in total. The van der Waals surface area contributed by atoms with Crippen LogP contribution in [-0.4, -0.2) is 27.0 Å². The summed E-state index contributed by atoms with van der Waals surface area (Å²) < 4.78 is 26.1. The molecule has 0 atom stereocenters. The maximum absolute atomic E-state index is 11.8. The molecule has 0 saturated heterocycles. The van der Waals surface area contributed by atoms with Crippen molar-refractivity contribution in [3.8, 4) is 6.07 Å². The summed E-state index contributed by atoms with van der Waals surface area (Å²) in [4.78, 5) is 0.195. The number of hydrogen-bond acceptors (Lipinski definition) is 4. The van der Waals surface area contributed by atoms with Crippen molar-refractivity contribution < 1.29 is 8.42 Å². The minimum Gasteiger partial charge on any atom is -0.211 e. The molecule has 0 radical (unpaired) electrons. The van der Waals surface area contributed by atoms with E-state index in [0.717, 1.165) is 12.2 Å². The van der Waals surface area contributed by atoms with Gasteiger partial charge in [-0.3, -0.25) is 0 Å². The number of nitrogens with zero attached hydrogens (tertiary/aromatic N) is 1. The second-order valence-electron chi connectivity index (χ2n) is 3.38. The molecule has 0 bridgehead atoms. The predicted molar refractivity (Wildman–Crippen MR) is 69.3 cm³/mol. The van der Waals surface area contributed by atoms with E-state index < -0.39 is 10.0 Å². The molecule has 1 aromatic rings. The zero-order valence-electron chi connectivity index (χ0n) is 9.51. The summed E-state index contributed by atoms with van der Waals surface area (Å²) in [7, 11) is -3.43. The van der Waals surface area contributed by atoms with Crippen LogP contribution in [0.15, 0.2) is 29.2 Å². The zero-order chi connectivity index (χ0) is 12.7. The Kier molecular flexibility index (Phi) is 5.48. The Bertz CT molecular complexity index is 489. The Morgan fingerprint density at radius 3 is 2.53 bits per heavy atom. The Morgan fingerprint density at radius 1 is 1.35 bits per heavy atom. The normalized spacial score (nSPS) is 11.1. The van der Waals surface area contributed by atoms with Gasteiger partial charge in [0.1, 0.15) is 0 Å². The van der Waals surface area contributed by atoms with Gasteiger partial charge in [-0.15, -0.1) is 0 Å². The smallest absolute Gasteiger partial charge is 0.211 e. The van der Waals surface area contributed by atoms with Gasteiger partial charge in [-0.25, -0.2) is 13.1 Å². The summed E-state index contributed by atoms with van der Waals surface area (Å²) >= 11 is 1.68. The first-order chi connectivity index (χ1) is 8.10. The number of nitrogens with one attached hydrogen (secondary N) is 1. The molecule has 0 aliphatic carbocycles. The van der Waals surface area contributed by atoms with E-state index in [1.54, 1.807) is 11.8 Å². The molecule has 0 aliphatic rings. The van der Waals surface area contributed by atoms with Crippen molar-refractivity contribution in [3.63, 3.8) is 0 Å². The molecule has 1 rings (SSSR count). The maximum Gasteiger partial charge on any atom is 0.240 e. The van der Waals surface area contributed by atoms with Crippen LogP contribution in [0.2, 0.25) is 0 Å². The predicted octanol–water partition coefficient (Wildman–Crippen LogP) is 1.59. The minimum absolute atomic E-state index is 0.195. The fraction of sp³-hybridized carbons (Fsp3) is 0.364. The van der Waals surface area contributed by atoms with Crippen LogP contribution in [0.1, 0.15) is 12.0 Å². The Labute approximate surface area is 106 Å². The van der Waals surface area contributed by atoms with E-state index in [1.165, 1.54) is 24.3 Å². The van der Waals surface area contributed by atoms with Crippen molar-refractivity contribution >= 4 is 21.8 Å². The molecule has 0 saturated carbocycles. The topological polar surface area (TPSA) is 70.0 Å². The van der Waals surface area contributed by atoms with Gasteiger partial charge in [-0.1, -0.05) is 0 Å². The van der Waals surface area contributed by atoms with E-state index in [-0.39, 0.29) is 4.90 Å². The summed E-state index contributed by atoms with van der Waals surface area (Å²) in [6.07, 6.45) is 2.78. The molecule has 1 N–H and O–H groups in total. The summed E-state index contributed by atoms with van der Waals surface area (Å²) in [5, 5.41) is 8.61. The van der Waals surface area contributed by atoms with Crippen molar-refractivity contribution in [2.24, 2.45) is 0 Å². The number of nitriles is 1. The lowest BCUT2D eigenvalue weighted by Crippen LogP contribution is -2.25. The van der Waals surface area contributed by atoms with Crippen LogP contribution >= 0.6 is 11.8 Å². The van der Waals surface area contributed by atoms with Crippen molar-refractivity contribution in [2.75, 3.05) is 18.6 Å². The number of rotatable bonds is 6. The first-order valence-corrected chi connectivity index (χ1v) is 7.96. The van der Waals surface area contributed by atoms with Crippen LogP contribution in [0, 0.1) is 11.3 Å². The van der Waals surface area contributed by atoms with Crippen LogP contribution in [0.5, 0.6) is 0 Å². The van der Waals surface area contributed by atoms with Gasteiger partial charge in [0, 0.05) is 6.54 Å². The third-order valence-corrected chi connectivity index (χ3v) is 4.28. The van der Waals surface area contributed by atoms with Crippen LogP contribution in [0.4, 0.5) is 0 Å². The van der Waals surface area contributed by atoms with Crippen molar-refractivity contribution in [2.45, 2.75) is 11.3 Å². The quantitative estimate of drug-likeness (QED) is 0.797. The molecule has 0 aromatic heterocycles. The Hall–Kier alpha value is -1.03. The lowest BCUT2D eigenvalue weighted by atomic mass is 10.2. The van der Waals surface area contributed by atoms with Crippen LogP contribution in [0.3, 0.4) is 0 Å². The third kappa shape index (κ3) is 4.38.